The van der Waals surface area contributed by atoms with Gasteiger partial charge in [0.15, 0.2) is 11.5 Å². The monoisotopic (exact) mass is 424 g/mol. The van der Waals surface area contributed by atoms with Crippen LogP contribution in [-0.2, 0) is 0 Å². The summed E-state index contributed by atoms with van der Waals surface area (Å²) in [4.78, 5) is 27.7. The summed E-state index contributed by atoms with van der Waals surface area (Å²) >= 11 is 0. The average molecular weight is 424 g/mol. The van der Waals surface area contributed by atoms with Crippen LogP contribution in [0.5, 0.6) is 17.2 Å². The molecule has 4 rings (SSSR count). The lowest BCUT2D eigenvalue weighted by molar-refractivity contribution is 0.102. The lowest BCUT2D eigenvalue weighted by atomic mass is 10.2. The number of carbonyl (C=O) groups is 2. The third-order valence-corrected chi connectivity index (χ3v) is 5.00. The molecular formula is C22H24N4O5. The van der Waals surface area contributed by atoms with E-state index in [0.717, 1.165) is 12.8 Å². The van der Waals surface area contributed by atoms with E-state index in [1.165, 1.54) is 14.2 Å². The molecule has 162 valence electrons. The van der Waals surface area contributed by atoms with Crippen molar-refractivity contribution in [3.8, 4) is 17.2 Å². The number of rotatable bonds is 7. The van der Waals surface area contributed by atoms with Gasteiger partial charge in [0.2, 0.25) is 0 Å². The minimum atomic E-state index is -0.327. The summed E-state index contributed by atoms with van der Waals surface area (Å²) in [6.07, 6.45) is 2.05. The average Bonchev–Trinajstić information content (AvgIpc) is 3.46. The second-order valence-corrected chi connectivity index (χ2v) is 7.19. The number of benzene rings is 2. The third-order valence-electron chi connectivity index (χ3n) is 5.00. The Labute approximate surface area is 179 Å². The van der Waals surface area contributed by atoms with Gasteiger partial charge in [-0.2, -0.15) is 0 Å². The third kappa shape index (κ3) is 4.35. The Morgan fingerprint density at radius 1 is 0.903 bits per heavy atom. The van der Waals surface area contributed by atoms with Crippen molar-refractivity contribution in [3.05, 3.63) is 42.1 Å². The highest BCUT2D eigenvalue weighted by atomic mass is 16.5. The molecule has 0 bridgehead atoms. The second kappa shape index (κ2) is 8.47. The maximum Gasteiger partial charge on any atom is 0.319 e. The van der Waals surface area contributed by atoms with Crippen LogP contribution < -0.4 is 30.2 Å². The van der Waals surface area contributed by atoms with E-state index in [1.807, 2.05) is 0 Å². The Morgan fingerprint density at radius 3 is 2.13 bits per heavy atom. The molecule has 2 aromatic carbocycles. The molecular weight excluding hydrogens is 400 g/mol. The van der Waals surface area contributed by atoms with Crippen LogP contribution >= 0.6 is 0 Å². The SMILES string of the molecule is COc1cc(OC)c2cc(C(=O)Nc3ccc(NC(=O)NC4CC4)cc3)[nH]c2c1OC. The van der Waals surface area contributed by atoms with Gasteiger partial charge in [-0.25, -0.2) is 4.79 Å². The van der Waals surface area contributed by atoms with Gasteiger partial charge in [0.05, 0.1) is 26.8 Å². The van der Waals surface area contributed by atoms with E-state index in [0.29, 0.717) is 45.2 Å². The van der Waals surface area contributed by atoms with Crippen molar-refractivity contribution >= 4 is 34.2 Å². The molecule has 0 atom stereocenters. The molecule has 0 spiro atoms. The number of amides is 3. The largest absolute Gasteiger partial charge is 0.496 e. The maximum atomic E-state index is 12.8. The zero-order valence-corrected chi connectivity index (χ0v) is 17.5. The van der Waals surface area contributed by atoms with Crippen molar-refractivity contribution in [3.63, 3.8) is 0 Å². The number of anilines is 2. The number of H-pyrrole nitrogens is 1. The zero-order valence-electron chi connectivity index (χ0n) is 17.5. The lowest BCUT2D eigenvalue weighted by Gasteiger charge is -2.11. The van der Waals surface area contributed by atoms with E-state index < -0.39 is 0 Å². The standard InChI is InChI=1S/C22H24N4O5/c1-29-17-11-18(30-2)20(31-3)19-15(17)10-16(26-19)21(27)23-12-4-6-13(7-5-12)24-22(28)25-14-8-9-14/h4-7,10-11,14,26H,8-9H2,1-3H3,(H,23,27)(H2,24,25,28). The Morgan fingerprint density at radius 2 is 1.55 bits per heavy atom. The first-order valence-electron chi connectivity index (χ1n) is 9.83. The number of urea groups is 1. The van der Waals surface area contributed by atoms with Gasteiger partial charge in [-0.1, -0.05) is 0 Å². The summed E-state index contributed by atoms with van der Waals surface area (Å²) < 4.78 is 16.2. The van der Waals surface area contributed by atoms with Gasteiger partial charge >= 0.3 is 6.03 Å². The van der Waals surface area contributed by atoms with Crippen molar-refractivity contribution < 1.29 is 23.8 Å². The Balaban J connectivity index is 1.50. The molecule has 1 aliphatic carbocycles. The number of methoxy groups -OCH3 is 3. The molecule has 9 nitrogen and oxygen atoms in total. The molecule has 0 unspecified atom stereocenters. The van der Waals surface area contributed by atoms with Crippen molar-refractivity contribution in [2.45, 2.75) is 18.9 Å². The number of aromatic amines is 1. The molecule has 4 N–H and O–H groups in total. The fourth-order valence-corrected chi connectivity index (χ4v) is 3.27. The van der Waals surface area contributed by atoms with Gasteiger partial charge < -0.3 is 35.1 Å². The van der Waals surface area contributed by atoms with Crippen molar-refractivity contribution in [2.24, 2.45) is 0 Å². The highest BCUT2D eigenvalue weighted by Gasteiger charge is 2.23. The van der Waals surface area contributed by atoms with Gasteiger partial charge in [0.1, 0.15) is 11.4 Å². The molecule has 31 heavy (non-hydrogen) atoms. The number of hydrogen-bond donors (Lipinski definition) is 4. The van der Waals surface area contributed by atoms with Gasteiger partial charge in [-0.15, -0.1) is 0 Å². The summed E-state index contributed by atoms with van der Waals surface area (Å²) in [6.45, 7) is 0. The van der Waals surface area contributed by atoms with Gasteiger partial charge in [-0.3, -0.25) is 4.79 Å². The van der Waals surface area contributed by atoms with Gasteiger partial charge in [0.25, 0.3) is 5.91 Å². The number of nitrogens with one attached hydrogen (secondary N) is 4. The Kier molecular flexibility index (Phi) is 5.57. The quantitative estimate of drug-likeness (QED) is 0.462. The Hall–Kier alpha value is -3.88. The van der Waals surface area contributed by atoms with Crippen LogP contribution in [-0.4, -0.2) is 44.3 Å². The minimum absolute atomic E-state index is 0.226. The van der Waals surface area contributed by atoms with Crippen LogP contribution in [0.25, 0.3) is 10.9 Å². The molecule has 1 aromatic heterocycles. The molecule has 1 fully saturated rings. The maximum absolute atomic E-state index is 12.8. The highest BCUT2D eigenvalue weighted by molar-refractivity contribution is 6.08. The van der Waals surface area contributed by atoms with Crippen LogP contribution in [0.1, 0.15) is 23.3 Å². The minimum Gasteiger partial charge on any atom is -0.496 e. The van der Waals surface area contributed by atoms with Crippen molar-refractivity contribution in [1.29, 1.82) is 0 Å². The van der Waals surface area contributed by atoms with Crippen molar-refractivity contribution in [1.82, 2.24) is 10.3 Å². The molecule has 1 saturated carbocycles. The molecule has 3 aromatic rings. The number of fused-ring (bicyclic) bond motifs is 1. The summed E-state index contributed by atoms with van der Waals surface area (Å²) in [6, 6.07) is 10.4. The summed E-state index contributed by atoms with van der Waals surface area (Å²) in [5, 5.41) is 9.16. The predicted octanol–water partition coefficient (Wildman–Crippen LogP) is 3.73. The fraction of sp³-hybridized carbons (Fsp3) is 0.273. The topological polar surface area (TPSA) is 114 Å². The first-order valence-corrected chi connectivity index (χ1v) is 9.83. The molecule has 9 heteroatoms. The highest BCUT2D eigenvalue weighted by Crippen LogP contribution is 2.41. The number of ether oxygens (including phenoxy) is 3. The molecule has 0 saturated heterocycles. The van der Waals surface area contributed by atoms with Crippen LogP contribution in [0.4, 0.5) is 16.2 Å². The molecule has 0 aliphatic heterocycles. The molecule has 1 heterocycles. The molecule has 0 radical (unpaired) electrons. The zero-order chi connectivity index (χ0) is 22.0. The fourth-order valence-electron chi connectivity index (χ4n) is 3.27. The van der Waals surface area contributed by atoms with Crippen LogP contribution in [0.3, 0.4) is 0 Å². The van der Waals surface area contributed by atoms with E-state index in [9.17, 15) is 9.59 Å². The van der Waals surface area contributed by atoms with E-state index in [1.54, 1.807) is 43.5 Å². The van der Waals surface area contributed by atoms with Crippen LogP contribution in [0.2, 0.25) is 0 Å². The summed E-state index contributed by atoms with van der Waals surface area (Å²) in [7, 11) is 4.62. The predicted molar refractivity (Wildman–Crippen MR) is 118 cm³/mol. The first-order chi connectivity index (χ1) is 15.0. The van der Waals surface area contributed by atoms with Gasteiger partial charge in [0, 0.05) is 28.9 Å². The van der Waals surface area contributed by atoms with E-state index in [-0.39, 0.29) is 18.0 Å². The van der Waals surface area contributed by atoms with Gasteiger partial charge in [-0.05, 0) is 43.2 Å². The van der Waals surface area contributed by atoms with Crippen LogP contribution in [0, 0.1) is 0 Å². The van der Waals surface area contributed by atoms with E-state index >= 15 is 0 Å². The number of aromatic nitrogens is 1. The summed E-state index contributed by atoms with van der Waals surface area (Å²) in [5.74, 6) is 1.21. The Bertz CT molecular complexity index is 1120. The molecule has 1 aliphatic rings. The second-order valence-electron chi connectivity index (χ2n) is 7.19. The normalized spacial score (nSPS) is 12.9. The lowest BCUT2D eigenvalue weighted by Crippen LogP contribution is -2.30. The molecule has 3 amide bonds. The number of carbonyl (C=O) groups excluding carboxylic acids is 2. The first kappa shape index (κ1) is 20.4. The van der Waals surface area contributed by atoms with Crippen LogP contribution in [0.15, 0.2) is 36.4 Å². The smallest absolute Gasteiger partial charge is 0.319 e. The van der Waals surface area contributed by atoms with E-state index in [4.69, 9.17) is 14.2 Å². The summed E-state index contributed by atoms with van der Waals surface area (Å²) in [5.41, 5.74) is 2.17. The van der Waals surface area contributed by atoms with E-state index in [2.05, 4.69) is 20.9 Å². The van der Waals surface area contributed by atoms with Crippen molar-refractivity contribution in [2.75, 3.05) is 32.0 Å². The number of hydrogen-bond acceptors (Lipinski definition) is 5.